The van der Waals surface area contributed by atoms with Crippen LogP contribution in [-0.2, 0) is 0 Å². The molecule has 0 atom stereocenters. The summed E-state index contributed by atoms with van der Waals surface area (Å²) in [5, 5.41) is 0.692. The molecule has 1 aromatic heterocycles. The first kappa shape index (κ1) is 26.5. The first-order valence-electron chi connectivity index (χ1n) is 11.4. The first-order valence-corrected chi connectivity index (χ1v) is 12.2. The van der Waals surface area contributed by atoms with Crippen molar-refractivity contribution in [2.75, 3.05) is 38.7 Å². The van der Waals surface area contributed by atoms with Gasteiger partial charge >= 0.3 is 0 Å². The van der Waals surface area contributed by atoms with Crippen LogP contribution >= 0.6 is 23.7 Å². The predicted octanol–water partition coefficient (Wildman–Crippen LogP) is 6.51. The summed E-state index contributed by atoms with van der Waals surface area (Å²) in [7, 11) is 4.06. The molecule has 0 saturated heterocycles. The van der Waals surface area contributed by atoms with Crippen molar-refractivity contribution in [1.29, 1.82) is 0 Å². The average Bonchev–Trinajstić information content (AvgIpc) is 3.26. The zero-order valence-corrected chi connectivity index (χ0v) is 21.8. The third-order valence-corrected chi connectivity index (χ3v) is 6.24. The molecule has 4 rings (SSSR count). The molecular weight excluding hydrogens is 482 g/mol. The Morgan fingerprint density at radius 3 is 2.29 bits per heavy atom. The molecule has 3 aromatic carbocycles. The molecule has 35 heavy (non-hydrogen) atoms. The van der Waals surface area contributed by atoms with Gasteiger partial charge in [0.1, 0.15) is 17.2 Å². The van der Waals surface area contributed by atoms with E-state index in [2.05, 4.69) is 4.90 Å². The van der Waals surface area contributed by atoms with E-state index in [1.807, 2.05) is 81.7 Å². The highest BCUT2D eigenvalue weighted by molar-refractivity contribution is 7.22. The summed E-state index contributed by atoms with van der Waals surface area (Å²) in [6, 6.07) is 22.7. The summed E-state index contributed by atoms with van der Waals surface area (Å²) >= 11 is 1.51. The van der Waals surface area contributed by atoms with Crippen LogP contribution in [0.2, 0.25) is 0 Å². The lowest BCUT2D eigenvalue weighted by Gasteiger charge is -2.21. The van der Waals surface area contributed by atoms with Crippen LogP contribution in [0.1, 0.15) is 23.7 Å². The summed E-state index contributed by atoms with van der Waals surface area (Å²) < 4.78 is 12.5. The van der Waals surface area contributed by atoms with Crippen LogP contribution in [0.15, 0.2) is 72.8 Å². The second-order valence-electron chi connectivity index (χ2n) is 8.11. The fourth-order valence-electron chi connectivity index (χ4n) is 3.54. The molecule has 0 saturated carbocycles. The Labute approximate surface area is 216 Å². The number of halogens is 1. The second kappa shape index (κ2) is 12.5. The Morgan fingerprint density at radius 1 is 0.914 bits per heavy atom. The number of carbonyl (C=O) groups is 1. The minimum Gasteiger partial charge on any atom is -0.494 e. The molecule has 0 aliphatic carbocycles. The maximum atomic E-state index is 13.6. The molecule has 0 fully saturated rings. The van der Waals surface area contributed by atoms with E-state index in [0.717, 1.165) is 34.7 Å². The number of hydrogen-bond acceptors (Lipinski definition) is 6. The molecule has 0 N–H and O–H groups in total. The van der Waals surface area contributed by atoms with E-state index in [1.54, 1.807) is 17.0 Å². The lowest BCUT2D eigenvalue weighted by atomic mass is 10.2. The Balaban J connectivity index is 0.00000342. The molecule has 0 aliphatic rings. The van der Waals surface area contributed by atoms with Crippen LogP contribution < -0.4 is 14.4 Å². The molecule has 184 valence electrons. The Hall–Kier alpha value is -3.13. The number of carbonyl (C=O) groups excluding carboxylic acids is 1. The maximum Gasteiger partial charge on any atom is 0.260 e. The SMILES string of the molecule is CCOc1ccc2nc(N(CCCN(C)C)C(=O)c3ccc(Oc4ccccc4)cc3)sc2c1.Cl. The molecule has 1 amide bonds. The van der Waals surface area contributed by atoms with Gasteiger partial charge in [-0.2, -0.15) is 0 Å². The van der Waals surface area contributed by atoms with Crippen molar-refractivity contribution < 1.29 is 14.3 Å². The summed E-state index contributed by atoms with van der Waals surface area (Å²) in [5.74, 6) is 2.18. The fourth-order valence-corrected chi connectivity index (χ4v) is 4.56. The number of para-hydroxylation sites is 1. The molecular formula is C27H30ClN3O3S. The average molecular weight is 512 g/mol. The molecule has 8 heteroatoms. The molecule has 0 spiro atoms. The Morgan fingerprint density at radius 2 is 1.60 bits per heavy atom. The highest BCUT2D eigenvalue weighted by Crippen LogP contribution is 2.32. The van der Waals surface area contributed by atoms with Gasteiger partial charge < -0.3 is 14.4 Å². The number of ether oxygens (including phenoxy) is 2. The fraction of sp³-hybridized carbons (Fsp3) is 0.259. The van der Waals surface area contributed by atoms with E-state index in [9.17, 15) is 4.79 Å². The summed E-state index contributed by atoms with van der Waals surface area (Å²) in [4.78, 5) is 22.2. The standard InChI is InChI=1S/C27H29N3O3S.ClH/c1-4-32-23-15-16-24-25(19-23)34-27(28-24)30(18-8-17-29(2)3)26(31)20-11-13-22(14-12-20)33-21-9-6-5-7-10-21;/h5-7,9-16,19H,4,8,17-18H2,1-3H3;1H. The van der Waals surface area contributed by atoms with E-state index < -0.39 is 0 Å². The lowest BCUT2D eigenvalue weighted by Crippen LogP contribution is -2.33. The number of aromatic nitrogens is 1. The largest absolute Gasteiger partial charge is 0.494 e. The van der Waals surface area contributed by atoms with Crippen LogP contribution in [0.4, 0.5) is 5.13 Å². The van der Waals surface area contributed by atoms with Gasteiger partial charge in [-0.15, -0.1) is 12.4 Å². The topological polar surface area (TPSA) is 54.9 Å². The van der Waals surface area contributed by atoms with Gasteiger partial charge in [0, 0.05) is 12.1 Å². The van der Waals surface area contributed by atoms with Gasteiger partial charge in [0.2, 0.25) is 0 Å². The third kappa shape index (κ3) is 6.94. The molecule has 6 nitrogen and oxygen atoms in total. The van der Waals surface area contributed by atoms with Gasteiger partial charge in [0.05, 0.1) is 16.8 Å². The lowest BCUT2D eigenvalue weighted by molar-refractivity contribution is 0.0986. The minimum absolute atomic E-state index is 0. The Bertz CT molecular complexity index is 1230. The number of nitrogens with zero attached hydrogens (tertiary/aromatic N) is 3. The number of thiazole rings is 1. The van der Waals surface area contributed by atoms with E-state index >= 15 is 0 Å². The molecule has 0 radical (unpaired) electrons. The molecule has 4 aromatic rings. The van der Waals surface area contributed by atoms with Crippen molar-refractivity contribution in [3.63, 3.8) is 0 Å². The molecule has 0 unspecified atom stereocenters. The monoisotopic (exact) mass is 511 g/mol. The van der Waals surface area contributed by atoms with E-state index in [0.29, 0.717) is 29.6 Å². The van der Waals surface area contributed by atoms with Crippen molar-refractivity contribution in [3.8, 4) is 17.2 Å². The second-order valence-corrected chi connectivity index (χ2v) is 9.12. The number of amides is 1. The zero-order chi connectivity index (χ0) is 23.9. The maximum absolute atomic E-state index is 13.6. The van der Waals surface area contributed by atoms with Crippen molar-refractivity contribution in [1.82, 2.24) is 9.88 Å². The molecule has 1 heterocycles. The molecule has 0 aliphatic heterocycles. The van der Waals surface area contributed by atoms with E-state index in [1.165, 1.54) is 11.3 Å². The van der Waals surface area contributed by atoms with Crippen molar-refractivity contribution in [3.05, 3.63) is 78.4 Å². The number of rotatable bonds is 10. The van der Waals surface area contributed by atoms with E-state index in [-0.39, 0.29) is 18.3 Å². The highest BCUT2D eigenvalue weighted by atomic mass is 35.5. The minimum atomic E-state index is -0.0749. The van der Waals surface area contributed by atoms with Crippen molar-refractivity contribution in [2.45, 2.75) is 13.3 Å². The quantitative estimate of drug-likeness (QED) is 0.243. The summed E-state index contributed by atoms with van der Waals surface area (Å²) in [5.41, 5.74) is 1.46. The van der Waals surface area contributed by atoms with Crippen LogP contribution in [0.3, 0.4) is 0 Å². The van der Waals surface area contributed by atoms with Gasteiger partial charge in [-0.25, -0.2) is 4.98 Å². The summed E-state index contributed by atoms with van der Waals surface area (Å²) in [6.45, 7) is 4.03. The van der Waals surface area contributed by atoms with Crippen LogP contribution in [0.5, 0.6) is 17.2 Å². The number of anilines is 1. The summed E-state index contributed by atoms with van der Waals surface area (Å²) in [6.07, 6.45) is 0.841. The van der Waals surface area contributed by atoms with Gasteiger partial charge in [0.25, 0.3) is 5.91 Å². The van der Waals surface area contributed by atoms with Crippen LogP contribution in [0, 0.1) is 0 Å². The van der Waals surface area contributed by atoms with Gasteiger partial charge in [-0.3, -0.25) is 9.69 Å². The highest BCUT2D eigenvalue weighted by Gasteiger charge is 2.21. The smallest absolute Gasteiger partial charge is 0.260 e. The number of hydrogen-bond donors (Lipinski definition) is 0. The normalized spacial score (nSPS) is 10.7. The predicted molar refractivity (Wildman–Crippen MR) is 146 cm³/mol. The van der Waals surface area contributed by atoms with Crippen LogP contribution in [-0.4, -0.2) is 49.6 Å². The van der Waals surface area contributed by atoms with Gasteiger partial charge in [0.15, 0.2) is 5.13 Å². The zero-order valence-electron chi connectivity index (χ0n) is 20.1. The first-order chi connectivity index (χ1) is 16.5. The van der Waals surface area contributed by atoms with E-state index in [4.69, 9.17) is 14.5 Å². The number of benzene rings is 3. The Kier molecular flexibility index (Phi) is 9.48. The number of fused-ring (bicyclic) bond motifs is 1. The third-order valence-electron chi connectivity index (χ3n) is 5.20. The molecule has 0 bridgehead atoms. The van der Waals surface area contributed by atoms with Gasteiger partial charge in [-0.1, -0.05) is 29.5 Å². The van der Waals surface area contributed by atoms with Crippen molar-refractivity contribution in [2.24, 2.45) is 0 Å². The van der Waals surface area contributed by atoms with Crippen molar-refractivity contribution >= 4 is 45.0 Å². The van der Waals surface area contributed by atoms with Crippen LogP contribution in [0.25, 0.3) is 10.2 Å². The van der Waals surface area contributed by atoms with Gasteiger partial charge in [-0.05, 0) is 88.6 Å².